The lowest BCUT2D eigenvalue weighted by molar-refractivity contribution is -0.137. The maximum atomic E-state index is 10.8. The summed E-state index contributed by atoms with van der Waals surface area (Å²) in [4.78, 5) is 21.8. The number of rotatable bonds is 18. The molecule has 1 aromatic carbocycles. The van der Waals surface area contributed by atoms with E-state index in [9.17, 15) is 9.90 Å². The van der Waals surface area contributed by atoms with Crippen LogP contribution in [0.25, 0.3) is 0 Å². The number of aliphatic carboxylic acids is 1. The molecule has 10 nitrogen and oxygen atoms in total. The van der Waals surface area contributed by atoms with Gasteiger partial charge in [0.25, 0.3) is 0 Å². The highest BCUT2D eigenvalue weighted by atomic mass is 16.5. The first kappa shape index (κ1) is 30.1. The molecule has 2 rings (SSSR count). The van der Waals surface area contributed by atoms with Crippen LogP contribution in [0.2, 0.25) is 0 Å². The van der Waals surface area contributed by atoms with Gasteiger partial charge in [0.05, 0.1) is 20.1 Å². The number of hydrogen-bond donors (Lipinski definition) is 4. The van der Waals surface area contributed by atoms with Gasteiger partial charge in [0.1, 0.15) is 17.3 Å². The van der Waals surface area contributed by atoms with E-state index in [1.165, 1.54) is 0 Å². The number of nitrogens with one attached hydrogen (secondary N) is 1. The SMILES string of the molecule is CCCC(CCO)Nc1nc(N)nc(C)c1Cc1ccc(OCCCN(CC)CCC(=O)O)cc1OC. The maximum Gasteiger partial charge on any atom is 0.304 e. The Hall–Kier alpha value is -3.11. The molecule has 1 aromatic heterocycles. The predicted octanol–water partition coefficient (Wildman–Crippen LogP) is 3.50. The van der Waals surface area contributed by atoms with Gasteiger partial charge in [-0.25, -0.2) is 4.98 Å². The van der Waals surface area contributed by atoms with Crippen molar-refractivity contribution >= 4 is 17.7 Å². The van der Waals surface area contributed by atoms with Crippen LogP contribution in [0.3, 0.4) is 0 Å². The molecule has 0 fully saturated rings. The number of benzene rings is 1. The largest absolute Gasteiger partial charge is 0.496 e. The molecule has 0 aliphatic rings. The summed E-state index contributed by atoms with van der Waals surface area (Å²) in [6.45, 7) is 8.80. The van der Waals surface area contributed by atoms with Gasteiger partial charge in [0.15, 0.2) is 0 Å². The van der Waals surface area contributed by atoms with Gasteiger partial charge >= 0.3 is 5.97 Å². The number of nitrogen functional groups attached to an aromatic ring is 1. The number of anilines is 2. The van der Waals surface area contributed by atoms with E-state index in [1.54, 1.807) is 7.11 Å². The monoisotopic (exact) mass is 517 g/mol. The van der Waals surface area contributed by atoms with Gasteiger partial charge in [0.2, 0.25) is 5.95 Å². The number of ether oxygens (including phenoxy) is 2. The minimum Gasteiger partial charge on any atom is -0.496 e. The van der Waals surface area contributed by atoms with Crippen LogP contribution < -0.4 is 20.5 Å². The summed E-state index contributed by atoms with van der Waals surface area (Å²) < 4.78 is 11.6. The normalized spacial score (nSPS) is 11.9. The van der Waals surface area contributed by atoms with Crippen LogP contribution in [0.15, 0.2) is 18.2 Å². The Morgan fingerprint density at radius 3 is 2.65 bits per heavy atom. The number of aliphatic hydroxyl groups excluding tert-OH is 1. The summed E-state index contributed by atoms with van der Waals surface area (Å²) in [5.74, 6) is 1.53. The fraction of sp³-hybridized carbons (Fsp3) is 0.593. The third kappa shape index (κ3) is 10.0. The summed E-state index contributed by atoms with van der Waals surface area (Å²) in [6, 6.07) is 5.87. The summed E-state index contributed by atoms with van der Waals surface area (Å²) in [6.07, 6.45) is 4.01. The van der Waals surface area contributed by atoms with Crippen molar-refractivity contribution in [3.05, 3.63) is 35.0 Å². The van der Waals surface area contributed by atoms with Crippen LogP contribution in [0.4, 0.5) is 11.8 Å². The molecule has 1 unspecified atom stereocenters. The molecule has 2 aromatic rings. The summed E-state index contributed by atoms with van der Waals surface area (Å²) in [5.41, 5.74) is 8.65. The molecule has 1 atom stereocenters. The van der Waals surface area contributed by atoms with Crippen molar-refractivity contribution in [2.24, 2.45) is 0 Å². The molecule has 206 valence electrons. The molecule has 0 spiro atoms. The van der Waals surface area contributed by atoms with Crippen LogP contribution in [0.1, 0.15) is 62.8 Å². The number of carboxylic acid groups (broad SMARTS) is 1. The van der Waals surface area contributed by atoms with Crippen molar-refractivity contribution in [1.29, 1.82) is 0 Å². The van der Waals surface area contributed by atoms with E-state index in [-0.39, 0.29) is 25.0 Å². The van der Waals surface area contributed by atoms with Gasteiger partial charge < -0.3 is 35.6 Å². The molecule has 0 aliphatic carbocycles. The molecule has 37 heavy (non-hydrogen) atoms. The average Bonchev–Trinajstić information content (AvgIpc) is 2.86. The summed E-state index contributed by atoms with van der Waals surface area (Å²) >= 11 is 0. The van der Waals surface area contributed by atoms with Crippen molar-refractivity contribution in [2.45, 2.75) is 65.3 Å². The molecule has 0 saturated carbocycles. The summed E-state index contributed by atoms with van der Waals surface area (Å²) in [7, 11) is 1.63. The first-order valence-corrected chi connectivity index (χ1v) is 13.0. The second-order valence-electron chi connectivity index (χ2n) is 9.07. The second kappa shape index (κ2) is 15.9. The van der Waals surface area contributed by atoms with Crippen LogP contribution in [0, 0.1) is 6.92 Å². The highest BCUT2D eigenvalue weighted by molar-refractivity contribution is 5.66. The third-order valence-electron chi connectivity index (χ3n) is 6.29. The van der Waals surface area contributed by atoms with E-state index in [4.69, 9.17) is 20.3 Å². The highest BCUT2D eigenvalue weighted by Crippen LogP contribution is 2.30. The number of carboxylic acids is 1. The Morgan fingerprint density at radius 1 is 1.22 bits per heavy atom. The van der Waals surface area contributed by atoms with Crippen LogP contribution in [0.5, 0.6) is 11.5 Å². The number of carbonyl (C=O) groups is 1. The lowest BCUT2D eigenvalue weighted by Gasteiger charge is -2.21. The van der Waals surface area contributed by atoms with Gasteiger partial charge in [-0.2, -0.15) is 4.98 Å². The van der Waals surface area contributed by atoms with Crippen molar-refractivity contribution in [1.82, 2.24) is 14.9 Å². The minimum atomic E-state index is -0.781. The van der Waals surface area contributed by atoms with Gasteiger partial charge in [0, 0.05) is 49.5 Å². The van der Waals surface area contributed by atoms with Crippen molar-refractivity contribution < 1.29 is 24.5 Å². The zero-order valence-corrected chi connectivity index (χ0v) is 22.6. The molecule has 10 heteroatoms. The number of aliphatic hydroxyl groups is 1. The zero-order chi connectivity index (χ0) is 27.2. The quantitative estimate of drug-likeness (QED) is 0.217. The molecule has 0 bridgehead atoms. The van der Waals surface area contributed by atoms with E-state index in [0.29, 0.717) is 43.3 Å². The Labute approximate surface area is 220 Å². The number of aromatic nitrogens is 2. The fourth-order valence-electron chi connectivity index (χ4n) is 4.25. The predicted molar refractivity (Wildman–Crippen MR) is 145 cm³/mol. The van der Waals surface area contributed by atoms with Crippen molar-refractivity contribution in [3.63, 3.8) is 0 Å². The first-order chi connectivity index (χ1) is 17.8. The van der Waals surface area contributed by atoms with E-state index >= 15 is 0 Å². The molecule has 0 radical (unpaired) electrons. The lowest BCUT2D eigenvalue weighted by Crippen LogP contribution is -2.28. The van der Waals surface area contributed by atoms with E-state index in [2.05, 4.69) is 27.1 Å². The zero-order valence-electron chi connectivity index (χ0n) is 22.6. The Kier molecular flexibility index (Phi) is 12.9. The Balaban J connectivity index is 2.10. The van der Waals surface area contributed by atoms with E-state index in [0.717, 1.165) is 49.2 Å². The Morgan fingerprint density at radius 2 is 2.00 bits per heavy atom. The third-order valence-corrected chi connectivity index (χ3v) is 6.29. The number of nitrogens with zero attached hydrogens (tertiary/aromatic N) is 3. The van der Waals surface area contributed by atoms with E-state index < -0.39 is 5.97 Å². The maximum absolute atomic E-state index is 10.8. The van der Waals surface area contributed by atoms with Gasteiger partial charge in [-0.1, -0.05) is 26.3 Å². The van der Waals surface area contributed by atoms with E-state index in [1.807, 2.05) is 32.0 Å². The molecular formula is C27H43N5O5. The smallest absolute Gasteiger partial charge is 0.304 e. The number of nitrogens with two attached hydrogens (primary N) is 1. The van der Waals surface area contributed by atoms with Gasteiger partial charge in [-0.3, -0.25) is 4.79 Å². The molecule has 1 heterocycles. The number of aryl methyl sites for hydroxylation is 1. The molecule has 0 saturated heterocycles. The molecule has 0 aliphatic heterocycles. The standard InChI is InChI=1S/C27H43N5O5/c1-5-8-21(12-15-33)30-26-23(19(3)29-27(28)31-26)17-20-9-10-22(18-24(20)36-4)37-16-7-13-32(6-2)14-11-25(34)35/h9-10,18,21,33H,5-8,11-17H2,1-4H3,(H,34,35)(H3,28,29,30,31). The van der Waals surface area contributed by atoms with Crippen molar-refractivity contribution in [3.8, 4) is 11.5 Å². The molecule has 5 N–H and O–H groups in total. The first-order valence-electron chi connectivity index (χ1n) is 13.0. The number of methoxy groups -OCH3 is 1. The molecule has 0 amide bonds. The average molecular weight is 518 g/mol. The minimum absolute atomic E-state index is 0.0906. The fourth-order valence-corrected chi connectivity index (χ4v) is 4.25. The van der Waals surface area contributed by atoms with Crippen molar-refractivity contribution in [2.75, 3.05) is 51.0 Å². The van der Waals surface area contributed by atoms with Gasteiger partial charge in [-0.15, -0.1) is 0 Å². The van der Waals surface area contributed by atoms with Gasteiger partial charge in [-0.05, 0) is 44.4 Å². The second-order valence-corrected chi connectivity index (χ2v) is 9.07. The lowest BCUT2D eigenvalue weighted by atomic mass is 10.0. The van der Waals surface area contributed by atoms with Crippen LogP contribution in [-0.4, -0.2) is 77.0 Å². The van der Waals surface area contributed by atoms with Crippen LogP contribution >= 0.6 is 0 Å². The highest BCUT2D eigenvalue weighted by Gasteiger charge is 2.17. The molecular weight excluding hydrogens is 474 g/mol. The van der Waals surface area contributed by atoms with Crippen LogP contribution in [-0.2, 0) is 11.2 Å². The summed E-state index contributed by atoms with van der Waals surface area (Å²) in [5, 5.41) is 21.8. The Bertz CT molecular complexity index is 982. The number of hydrogen-bond acceptors (Lipinski definition) is 9. The topological polar surface area (TPSA) is 143 Å².